The van der Waals surface area contributed by atoms with E-state index in [0.717, 1.165) is 42.7 Å². The third kappa shape index (κ3) is 4.49. The van der Waals surface area contributed by atoms with E-state index in [9.17, 15) is 9.18 Å². The van der Waals surface area contributed by atoms with Crippen molar-refractivity contribution in [2.45, 2.75) is 32.4 Å². The Morgan fingerprint density at radius 2 is 2.28 bits per heavy atom. The molecule has 2 aromatic rings. The lowest BCUT2D eigenvalue weighted by molar-refractivity contribution is 0.234. The number of aromatic nitrogens is 2. The molecule has 2 heterocycles. The molecule has 1 aliphatic heterocycles. The molecule has 0 saturated carbocycles. The molecule has 1 aromatic carbocycles. The van der Waals surface area contributed by atoms with Crippen LogP contribution in [0.4, 0.5) is 14.9 Å². The maximum absolute atomic E-state index is 13.3. The van der Waals surface area contributed by atoms with Gasteiger partial charge >= 0.3 is 6.03 Å². The summed E-state index contributed by atoms with van der Waals surface area (Å²) in [6.45, 7) is 4.01. The third-order valence-electron chi connectivity index (χ3n) is 4.47. The van der Waals surface area contributed by atoms with Crippen LogP contribution in [0.3, 0.4) is 0 Å². The molecule has 6 nitrogen and oxygen atoms in total. The number of carbonyl (C=O) groups excluding carboxylic acids is 1. The van der Waals surface area contributed by atoms with E-state index in [-0.39, 0.29) is 17.9 Å². The highest BCUT2D eigenvalue weighted by atomic mass is 19.1. The number of anilines is 1. The number of carbonyl (C=O) groups is 1. The Morgan fingerprint density at radius 3 is 3.00 bits per heavy atom. The van der Waals surface area contributed by atoms with Crippen molar-refractivity contribution >= 4 is 11.7 Å². The van der Waals surface area contributed by atoms with Crippen LogP contribution in [0, 0.1) is 12.7 Å². The number of nitrogens with zero attached hydrogens (tertiary/aromatic N) is 3. The summed E-state index contributed by atoms with van der Waals surface area (Å²) < 4.78 is 15.0. The summed E-state index contributed by atoms with van der Waals surface area (Å²) in [5, 5.41) is 9.97. The van der Waals surface area contributed by atoms with E-state index >= 15 is 0 Å². The molecule has 1 aliphatic rings. The molecule has 1 unspecified atom stereocenters. The minimum Gasteiger partial charge on any atom is -0.369 e. The molecule has 134 valence electrons. The quantitative estimate of drug-likeness (QED) is 0.894. The lowest BCUT2D eigenvalue weighted by Gasteiger charge is -2.35. The standard InChI is InChI=1S/C18H24FN5O/c1-13-8-15(19)5-6-17(13)24-7-3-4-16(12-24)22-18(25)20-9-14-10-21-23(2)11-14/h5-6,8,10-11,16H,3-4,7,9,12H2,1-2H3,(H2,20,22,25). The zero-order valence-electron chi connectivity index (χ0n) is 14.6. The Hall–Kier alpha value is -2.57. The molecule has 1 aromatic heterocycles. The van der Waals surface area contributed by atoms with Gasteiger partial charge in [0.1, 0.15) is 5.82 Å². The van der Waals surface area contributed by atoms with Crippen molar-refractivity contribution in [2.24, 2.45) is 7.05 Å². The van der Waals surface area contributed by atoms with Gasteiger partial charge in [-0.1, -0.05) is 0 Å². The van der Waals surface area contributed by atoms with Gasteiger partial charge in [-0.25, -0.2) is 9.18 Å². The van der Waals surface area contributed by atoms with Crippen molar-refractivity contribution in [2.75, 3.05) is 18.0 Å². The molecule has 0 bridgehead atoms. The number of urea groups is 1. The molecular formula is C18H24FN5O. The number of nitrogens with one attached hydrogen (secondary N) is 2. The van der Waals surface area contributed by atoms with Crippen LogP contribution < -0.4 is 15.5 Å². The predicted molar refractivity (Wildman–Crippen MR) is 95.0 cm³/mol. The summed E-state index contributed by atoms with van der Waals surface area (Å²) in [6.07, 6.45) is 5.54. The normalized spacial score (nSPS) is 17.4. The van der Waals surface area contributed by atoms with E-state index in [4.69, 9.17) is 0 Å². The fraction of sp³-hybridized carbons (Fsp3) is 0.444. The van der Waals surface area contributed by atoms with Gasteiger partial charge < -0.3 is 15.5 Å². The van der Waals surface area contributed by atoms with Crippen molar-refractivity contribution < 1.29 is 9.18 Å². The van der Waals surface area contributed by atoms with Crippen LogP contribution in [0.2, 0.25) is 0 Å². The average Bonchev–Trinajstić information content (AvgIpc) is 2.99. The fourth-order valence-electron chi connectivity index (χ4n) is 3.27. The van der Waals surface area contributed by atoms with Gasteiger partial charge in [-0.15, -0.1) is 0 Å². The third-order valence-corrected chi connectivity index (χ3v) is 4.47. The molecule has 1 saturated heterocycles. The number of rotatable bonds is 4. The zero-order chi connectivity index (χ0) is 17.8. The Labute approximate surface area is 147 Å². The number of piperidine rings is 1. The van der Waals surface area contributed by atoms with E-state index in [0.29, 0.717) is 6.54 Å². The van der Waals surface area contributed by atoms with Crippen LogP contribution in [-0.4, -0.2) is 34.9 Å². The highest BCUT2D eigenvalue weighted by Gasteiger charge is 2.22. The van der Waals surface area contributed by atoms with Crippen molar-refractivity contribution in [1.82, 2.24) is 20.4 Å². The van der Waals surface area contributed by atoms with Gasteiger partial charge in [0.05, 0.1) is 6.20 Å². The molecule has 0 aliphatic carbocycles. The van der Waals surface area contributed by atoms with Gasteiger partial charge in [0.2, 0.25) is 0 Å². The summed E-state index contributed by atoms with van der Waals surface area (Å²) >= 11 is 0. The zero-order valence-corrected chi connectivity index (χ0v) is 14.6. The number of benzene rings is 1. The number of aryl methyl sites for hydroxylation is 2. The second-order valence-corrected chi connectivity index (χ2v) is 6.57. The van der Waals surface area contributed by atoms with Crippen LogP contribution in [0.25, 0.3) is 0 Å². The van der Waals surface area contributed by atoms with Crippen molar-refractivity contribution in [3.8, 4) is 0 Å². The second-order valence-electron chi connectivity index (χ2n) is 6.57. The minimum absolute atomic E-state index is 0.0760. The highest BCUT2D eigenvalue weighted by molar-refractivity contribution is 5.74. The van der Waals surface area contributed by atoms with E-state index in [1.807, 2.05) is 26.2 Å². The molecule has 2 N–H and O–H groups in total. The number of hydrogen-bond acceptors (Lipinski definition) is 3. The molecule has 25 heavy (non-hydrogen) atoms. The first-order valence-corrected chi connectivity index (χ1v) is 8.54. The van der Waals surface area contributed by atoms with Gasteiger partial charge in [0.15, 0.2) is 0 Å². The smallest absolute Gasteiger partial charge is 0.315 e. The Morgan fingerprint density at radius 1 is 1.44 bits per heavy atom. The molecular weight excluding hydrogens is 321 g/mol. The maximum atomic E-state index is 13.3. The van der Waals surface area contributed by atoms with Gasteiger partial charge in [0.25, 0.3) is 0 Å². The monoisotopic (exact) mass is 345 g/mol. The van der Waals surface area contributed by atoms with Gasteiger partial charge in [-0.3, -0.25) is 4.68 Å². The molecule has 7 heteroatoms. The lowest BCUT2D eigenvalue weighted by Crippen LogP contribution is -2.50. The van der Waals surface area contributed by atoms with E-state index in [1.165, 1.54) is 6.07 Å². The summed E-state index contributed by atoms with van der Waals surface area (Å²) in [7, 11) is 1.84. The van der Waals surface area contributed by atoms with Crippen LogP contribution in [-0.2, 0) is 13.6 Å². The van der Waals surface area contributed by atoms with Crippen LogP contribution in [0.1, 0.15) is 24.0 Å². The fourth-order valence-corrected chi connectivity index (χ4v) is 3.27. The molecule has 2 amide bonds. The first kappa shape index (κ1) is 17.3. The minimum atomic E-state index is -0.220. The molecule has 1 atom stereocenters. The second kappa shape index (κ2) is 7.55. The van der Waals surface area contributed by atoms with Crippen LogP contribution in [0.5, 0.6) is 0 Å². The Balaban J connectivity index is 1.53. The van der Waals surface area contributed by atoms with Crippen molar-refractivity contribution in [3.63, 3.8) is 0 Å². The van der Waals surface area contributed by atoms with Crippen molar-refractivity contribution in [3.05, 3.63) is 47.5 Å². The topological polar surface area (TPSA) is 62.2 Å². The Bertz CT molecular complexity index is 745. The van der Waals surface area contributed by atoms with Crippen molar-refractivity contribution in [1.29, 1.82) is 0 Å². The average molecular weight is 345 g/mol. The van der Waals surface area contributed by atoms with E-state index in [2.05, 4.69) is 20.6 Å². The Kier molecular flexibility index (Phi) is 5.21. The van der Waals surface area contributed by atoms with E-state index in [1.54, 1.807) is 16.9 Å². The summed E-state index contributed by atoms with van der Waals surface area (Å²) in [5.41, 5.74) is 2.91. The number of amides is 2. The SMILES string of the molecule is Cc1cc(F)ccc1N1CCCC(NC(=O)NCc2cnn(C)c2)C1. The summed E-state index contributed by atoms with van der Waals surface area (Å²) in [5.74, 6) is -0.220. The van der Waals surface area contributed by atoms with Gasteiger partial charge in [0, 0.05) is 50.2 Å². The highest BCUT2D eigenvalue weighted by Crippen LogP contribution is 2.24. The first-order chi connectivity index (χ1) is 12.0. The van der Waals surface area contributed by atoms with Gasteiger partial charge in [-0.2, -0.15) is 5.10 Å². The molecule has 1 fully saturated rings. The molecule has 0 radical (unpaired) electrons. The molecule has 3 rings (SSSR count). The number of halogens is 1. The summed E-state index contributed by atoms with van der Waals surface area (Å²) in [4.78, 5) is 14.3. The van der Waals surface area contributed by atoms with E-state index < -0.39 is 0 Å². The first-order valence-electron chi connectivity index (χ1n) is 8.54. The predicted octanol–water partition coefficient (Wildman–Crippen LogP) is 2.34. The van der Waals surface area contributed by atoms with Crippen LogP contribution >= 0.6 is 0 Å². The lowest BCUT2D eigenvalue weighted by atomic mass is 10.0. The maximum Gasteiger partial charge on any atom is 0.315 e. The molecule has 0 spiro atoms. The largest absolute Gasteiger partial charge is 0.369 e. The number of hydrogen-bond donors (Lipinski definition) is 2. The summed E-state index contributed by atoms with van der Waals surface area (Å²) in [6, 6.07) is 4.75. The van der Waals surface area contributed by atoms with Crippen LogP contribution in [0.15, 0.2) is 30.6 Å². The van der Waals surface area contributed by atoms with Gasteiger partial charge in [-0.05, 0) is 43.5 Å².